The van der Waals surface area contributed by atoms with Crippen LogP contribution in [-0.2, 0) is 0 Å². The van der Waals surface area contributed by atoms with Crippen LogP contribution < -0.4 is 0 Å². The van der Waals surface area contributed by atoms with Gasteiger partial charge in [0, 0.05) is 6.20 Å². The Hall–Kier alpha value is -2.11. The Morgan fingerprint density at radius 2 is 2.36 bits per heavy atom. The topological polar surface area (TPSA) is 94.7 Å². The van der Waals surface area contributed by atoms with Crippen molar-refractivity contribution in [1.29, 1.82) is 0 Å². The van der Waals surface area contributed by atoms with Gasteiger partial charge in [0.1, 0.15) is 0 Å². The average molecular weight is 192 g/mol. The quantitative estimate of drug-likeness (QED) is 0.656. The molecule has 3 N–H and O–H groups in total. The first-order chi connectivity index (χ1) is 6.70. The fourth-order valence-corrected chi connectivity index (χ4v) is 1.28. The summed E-state index contributed by atoms with van der Waals surface area (Å²) in [4.78, 5) is 17.6. The van der Waals surface area contributed by atoms with Gasteiger partial charge in [-0.3, -0.25) is 5.10 Å². The predicted molar refractivity (Wildman–Crippen MR) is 47.9 cm³/mol. The standard InChI is InChI=1S/C8H8N4O2/c1-4-6(10-3-9-4)5-2-11-12-7(5)8(13)14/h2-3H,1H3,(H,9,10)(H,11,12)(H,13,14). The molecule has 0 radical (unpaired) electrons. The molecule has 0 saturated heterocycles. The Morgan fingerprint density at radius 3 is 2.93 bits per heavy atom. The highest BCUT2D eigenvalue weighted by molar-refractivity contribution is 5.93. The number of carbonyl (C=O) groups is 1. The number of H-pyrrole nitrogens is 2. The maximum Gasteiger partial charge on any atom is 0.357 e. The van der Waals surface area contributed by atoms with E-state index in [9.17, 15) is 4.79 Å². The zero-order valence-electron chi connectivity index (χ0n) is 7.40. The molecular weight excluding hydrogens is 184 g/mol. The van der Waals surface area contributed by atoms with Crippen LogP contribution in [0.15, 0.2) is 12.5 Å². The van der Waals surface area contributed by atoms with Gasteiger partial charge < -0.3 is 10.1 Å². The number of rotatable bonds is 2. The molecular formula is C8H8N4O2. The first-order valence-electron chi connectivity index (χ1n) is 3.97. The number of aromatic nitrogens is 4. The SMILES string of the molecule is Cc1nc[nH]c1-c1c[nH]nc1C(=O)O. The maximum atomic E-state index is 10.8. The first-order valence-corrected chi connectivity index (χ1v) is 3.97. The number of hydrogen-bond acceptors (Lipinski definition) is 3. The minimum absolute atomic E-state index is 0.00245. The predicted octanol–water partition coefficient (Wildman–Crippen LogP) is 0.806. The van der Waals surface area contributed by atoms with E-state index in [4.69, 9.17) is 5.11 Å². The van der Waals surface area contributed by atoms with Crippen molar-refractivity contribution in [2.45, 2.75) is 6.92 Å². The smallest absolute Gasteiger partial charge is 0.357 e. The number of carboxylic acid groups (broad SMARTS) is 1. The van der Waals surface area contributed by atoms with Crippen molar-refractivity contribution in [3.63, 3.8) is 0 Å². The lowest BCUT2D eigenvalue weighted by atomic mass is 10.1. The summed E-state index contributed by atoms with van der Waals surface area (Å²) in [7, 11) is 0. The molecule has 0 aliphatic rings. The molecule has 0 fully saturated rings. The van der Waals surface area contributed by atoms with Crippen molar-refractivity contribution < 1.29 is 9.90 Å². The molecule has 0 atom stereocenters. The Balaban J connectivity index is 2.57. The van der Waals surface area contributed by atoms with Crippen LogP contribution in [0.2, 0.25) is 0 Å². The number of imidazole rings is 1. The molecule has 6 heteroatoms. The number of aromatic carboxylic acids is 1. The van der Waals surface area contributed by atoms with E-state index in [0.29, 0.717) is 11.3 Å². The minimum atomic E-state index is -1.06. The lowest BCUT2D eigenvalue weighted by molar-refractivity contribution is 0.0691. The van der Waals surface area contributed by atoms with Crippen LogP contribution in [0.4, 0.5) is 0 Å². The van der Waals surface area contributed by atoms with Crippen LogP contribution in [0.25, 0.3) is 11.3 Å². The van der Waals surface area contributed by atoms with Crippen molar-refractivity contribution in [3.05, 3.63) is 23.9 Å². The van der Waals surface area contributed by atoms with Gasteiger partial charge in [0.25, 0.3) is 0 Å². The molecule has 6 nitrogen and oxygen atoms in total. The summed E-state index contributed by atoms with van der Waals surface area (Å²) in [5, 5.41) is 15.0. The second kappa shape index (κ2) is 2.99. The summed E-state index contributed by atoms with van der Waals surface area (Å²) >= 11 is 0. The van der Waals surface area contributed by atoms with E-state index < -0.39 is 5.97 Å². The summed E-state index contributed by atoms with van der Waals surface area (Å²) < 4.78 is 0. The van der Waals surface area contributed by atoms with Gasteiger partial charge in [-0.15, -0.1) is 0 Å². The third-order valence-electron chi connectivity index (χ3n) is 1.94. The van der Waals surface area contributed by atoms with Gasteiger partial charge in [-0.2, -0.15) is 5.10 Å². The molecule has 72 valence electrons. The number of aryl methyl sites for hydroxylation is 1. The van der Waals surface area contributed by atoms with Crippen molar-refractivity contribution in [1.82, 2.24) is 20.2 Å². The van der Waals surface area contributed by atoms with Gasteiger partial charge in [0.15, 0.2) is 5.69 Å². The van der Waals surface area contributed by atoms with Gasteiger partial charge in [0.2, 0.25) is 0 Å². The van der Waals surface area contributed by atoms with Crippen molar-refractivity contribution in [2.75, 3.05) is 0 Å². The van der Waals surface area contributed by atoms with Crippen LogP contribution >= 0.6 is 0 Å². The summed E-state index contributed by atoms with van der Waals surface area (Å²) in [6.45, 7) is 1.80. The molecule has 0 aromatic carbocycles. The molecule has 2 rings (SSSR count). The molecule has 2 aromatic rings. The molecule has 0 bridgehead atoms. The van der Waals surface area contributed by atoms with Gasteiger partial charge in [0.05, 0.1) is 23.3 Å². The van der Waals surface area contributed by atoms with Gasteiger partial charge in [-0.05, 0) is 6.92 Å². The fourth-order valence-electron chi connectivity index (χ4n) is 1.28. The van der Waals surface area contributed by atoms with Gasteiger partial charge in [-0.25, -0.2) is 9.78 Å². The van der Waals surface area contributed by atoms with E-state index in [1.54, 1.807) is 6.92 Å². The van der Waals surface area contributed by atoms with Crippen LogP contribution in [0, 0.1) is 6.92 Å². The molecule has 2 heterocycles. The Morgan fingerprint density at radius 1 is 1.57 bits per heavy atom. The van der Waals surface area contributed by atoms with E-state index in [2.05, 4.69) is 20.2 Å². The first kappa shape index (κ1) is 8.49. The lowest BCUT2D eigenvalue weighted by Gasteiger charge is -1.95. The van der Waals surface area contributed by atoms with Crippen molar-refractivity contribution in [3.8, 4) is 11.3 Å². The van der Waals surface area contributed by atoms with Crippen LogP contribution in [0.3, 0.4) is 0 Å². The second-order valence-corrected chi connectivity index (χ2v) is 2.82. The third-order valence-corrected chi connectivity index (χ3v) is 1.94. The zero-order chi connectivity index (χ0) is 10.1. The summed E-state index contributed by atoms with van der Waals surface area (Å²) in [6, 6.07) is 0. The normalized spacial score (nSPS) is 10.4. The maximum absolute atomic E-state index is 10.8. The minimum Gasteiger partial charge on any atom is -0.476 e. The highest BCUT2D eigenvalue weighted by Crippen LogP contribution is 2.21. The fraction of sp³-hybridized carbons (Fsp3) is 0.125. The molecule has 0 unspecified atom stereocenters. The number of nitrogens with zero attached hydrogens (tertiary/aromatic N) is 2. The Kier molecular flexibility index (Phi) is 1.81. The Bertz CT molecular complexity index is 471. The van der Waals surface area contributed by atoms with Crippen LogP contribution in [0.5, 0.6) is 0 Å². The van der Waals surface area contributed by atoms with E-state index in [1.165, 1.54) is 12.5 Å². The van der Waals surface area contributed by atoms with E-state index in [1.807, 2.05) is 0 Å². The highest BCUT2D eigenvalue weighted by Gasteiger charge is 2.17. The van der Waals surface area contributed by atoms with Crippen LogP contribution in [-0.4, -0.2) is 31.2 Å². The van der Waals surface area contributed by atoms with E-state index in [0.717, 1.165) is 5.69 Å². The second-order valence-electron chi connectivity index (χ2n) is 2.82. The molecule has 14 heavy (non-hydrogen) atoms. The molecule has 0 saturated carbocycles. The van der Waals surface area contributed by atoms with Gasteiger partial charge in [-0.1, -0.05) is 0 Å². The molecule has 0 amide bonds. The number of carboxylic acids is 1. The zero-order valence-corrected chi connectivity index (χ0v) is 7.40. The van der Waals surface area contributed by atoms with E-state index >= 15 is 0 Å². The van der Waals surface area contributed by atoms with Crippen molar-refractivity contribution in [2.24, 2.45) is 0 Å². The molecule has 0 spiro atoms. The van der Waals surface area contributed by atoms with Crippen molar-refractivity contribution >= 4 is 5.97 Å². The summed E-state index contributed by atoms with van der Waals surface area (Å²) in [6.07, 6.45) is 3.05. The van der Waals surface area contributed by atoms with Crippen LogP contribution in [0.1, 0.15) is 16.2 Å². The molecule has 0 aliphatic heterocycles. The number of nitrogens with one attached hydrogen (secondary N) is 2. The summed E-state index contributed by atoms with van der Waals surface area (Å²) in [5.41, 5.74) is 1.94. The number of aromatic amines is 2. The monoisotopic (exact) mass is 192 g/mol. The largest absolute Gasteiger partial charge is 0.476 e. The third kappa shape index (κ3) is 1.17. The number of hydrogen-bond donors (Lipinski definition) is 3. The lowest BCUT2D eigenvalue weighted by Crippen LogP contribution is -1.99. The molecule has 0 aliphatic carbocycles. The Labute approximate surface area is 79.0 Å². The highest BCUT2D eigenvalue weighted by atomic mass is 16.4. The van der Waals surface area contributed by atoms with Gasteiger partial charge >= 0.3 is 5.97 Å². The average Bonchev–Trinajstić information content (AvgIpc) is 2.70. The summed E-state index contributed by atoms with van der Waals surface area (Å²) in [5.74, 6) is -1.06. The molecule has 2 aromatic heterocycles. The van der Waals surface area contributed by atoms with E-state index in [-0.39, 0.29) is 5.69 Å².